The maximum atomic E-state index is 13.9. The number of rotatable bonds is 4. The minimum absolute atomic E-state index is 0.0186. The lowest BCUT2D eigenvalue weighted by Crippen LogP contribution is -2.38. The van der Waals surface area contributed by atoms with E-state index in [1.807, 2.05) is 17.0 Å². The van der Waals surface area contributed by atoms with Crippen molar-refractivity contribution in [2.45, 2.75) is 18.8 Å². The van der Waals surface area contributed by atoms with Crippen molar-refractivity contribution in [2.75, 3.05) is 20.2 Å². The molecule has 6 nitrogen and oxygen atoms in total. The zero-order valence-electron chi connectivity index (χ0n) is 15.5. The average molecular weight is 381 g/mol. The van der Waals surface area contributed by atoms with Crippen LogP contribution in [0.5, 0.6) is 5.75 Å². The second-order valence-electron chi connectivity index (χ2n) is 6.73. The van der Waals surface area contributed by atoms with Crippen LogP contribution in [0.3, 0.4) is 0 Å². The fourth-order valence-corrected chi connectivity index (χ4v) is 3.42. The first-order chi connectivity index (χ1) is 13.7. The largest absolute Gasteiger partial charge is 0.497 e. The van der Waals surface area contributed by atoms with E-state index in [1.165, 1.54) is 6.07 Å². The third-order valence-electron chi connectivity index (χ3n) is 5.00. The van der Waals surface area contributed by atoms with Crippen molar-refractivity contribution in [2.24, 2.45) is 0 Å². The average Bonchev–Trinajstić information content (AvgIpc) is 3.24. The van der Waals surface area contributed by atoms with E-state index >= 15 is 0 Å². The number of benzene rings is 2. The molecule has 0 N–H and O–H groups in total. The van der Waals surface area contributed by atoms with Crippen LogP contribution in [-0.2, 0) is 0 Å². The zero-order valence-corrected chi connectivity index (χ0v) is 15.5. The van der Waals surface area contributed by atoms with Crippen molar-refractivity contribution >= 4 is 5.91 Å². The Morgan fingerprint density at radius 3 is 2.71 bits per heavy atom. The summed E-state index contributed by atoms with van der Waals surface area (Å²) in [5.41, 5.74) is 0.931. The number of likely N-dealkylation sites (tertiary alicyclic amines) is 1. The standard InChI is InChI=1S/C21H20FN3O3/c1-27-16-6-4-5-15(13-16)21(26)25-11-9-14(10-12-25)20-23-19(24-28-20)17-7-2-3-8-18(17)22/h2-8,13-14H,9-12H2,1H3. The molecule has 1 aliphatic rings. The number of hydrogen-bond donors (Lipinski definition) is 0. The maximum absolute atomic E-state index is 13.9. The number of ether oxygens (including phenoxy) is 1. The molecule has 7 heteroatoms. The molecule has 0 radical (unpaired) electrons. The van der Waals surface area contributed by atoms with Crippen molar-refractivity contribution in [3.8, 4) is 17.1 Å². The second-order valence-corrected chi connectivity index (χ2v) is 6.73. The quantitative estimate of drug-likeness (QED) is 0.686. The number of piperidine rings is 1. The van der Waals surface area contributed by atoms with Crippen molar-refractivity contribution in [1.82, 2.24) is 15.0 Å². The molecular formula is C21H20FN3O3. The Balaban J connectivity index is 1.42. The number of hydrogen-bond acceptors (Lipinski definition) is 5. The minimum atomic E-state index is -0.381. The molecule has 0 unspecified atom stereocenters. The van der Waals surface area contributed by atoms with Crippen molar-refractivity contribution < 1.29 is 18.4 Å². The highest BCUT2D eigenvalue weighted by Crippen LogP contribution is 2.30. The summed E-state index contributed by atoms with van der Waals surface area (Å²) in [6.07, 6.45) is 1.43. The van der Waals surface area contributed by atoms with E-state index in [0.717, 1.165) is 0 Å². The van der Waals surface area contributed by atoms with Gasteiger partial charge in [-0.1, -0.05) is 23.4 Å². The van der Waals surface area contributed by atoms with Crippen molar-refractivity contribution in [1.29, 1.82) is 0 Å². The van der Waals surface area contributed by atoms with Crippen LogP contribution in [0, 0.1) is 5.82 Å². The smallest absolute Gasteiger partial charge is 0.253 e. The van der Waals surface area contributed by atoms with Gasteiger partial charge in [0.2, 0.25) is 11.7 Å². The van der Waals surface area contributed by atoms with Gasteiger partial charge in [0.05, 0.1) is 12.7 Å². The van der Waals surface area contributed by atoms with Crippen molar-refractivity contribution in [3.63, 3.8) is 0 Å². The lowest BCUT2D eigenvalue weighted by atomic mass is 9.96. The highest BCUT2D eigenvalue weighted by atomic mass is 19.1. The summed E-state index contributed by atoms with van der Waals surface area (Å²) in [6, 6.07) is 13.5. The first kappa shape index (κ1) is 18.2. The molecule has 0 spiro atoms. The summed E-state index contributed by atoms with van der Waals surface area (Å²) in [5.74, 6) is 1.06. The fourth-order valence-electron chi connectivity index (χ4n) is 3.42. The molecule has 1 amide bonds. The van der Waals surface area contributed by atoms with E-state index in [2.05, 4.69) is 10.1 Å². The molecule has 3 aromatic rings. The molecule has 28 heavy (non-hydrogen) atoms. The third-order valence-corrected chi connectivity index (χ3v) is 5.00. The molecule has 0 bridgehead atoms. The number of methoxy groups -OCH3 is 1. The summed E-state index contributed by atoms with van der Waals surface area (Å²) in [7, 11) is 1.58. The van der Waals surface area contributed by atoms with Gasteiger partial charge in [-0.2, -0.15) is 4.98 Å². The Hall–Kier alpha value is -3.22. The number of carbonyl (C=O) groups excluding carboxylic acids is 1. The first-order valence-electron chi connectivity index (χ1n) is 9.17. The Bertz CT molecular complexity index is 980. The van der Waals surface area contributed by atoms with Gasteiger partial charge in [-0.3, -0.25) is 4.79 Å². The Labute approximate surface area is 161 Å². The predicted molar refractivity (Wildman–Crippen MR) is 101 cm³/mol. The van der Waals surface area contributed by atoms with Crippen LogP contribution in [0.25, 0.3) is 11.4 Å². The van der Waals surface area contributed by atoms with Crippen molar-refractivity contribution in [3.05, 3.63) is 65.8 Å². The third kappa shape index (κ3) is 3.60. The summed E-state index contributed by atoms with van der Waals surface area (Å²) < 4.78 is 24.5. The fraction of sp³-hybridized carbons (Fsp3) is 0.286. The van der Waals surface area contributed by atoms with Gasteiger partial charge in [-0.15, -0.1) is 0 Å². The number of nitrogens with zero attached hydrogens (tertiary/aromatic N) is 3. The van der Waals surface area contributed by atoms with Crippen LogP contribution in [0.1, 0.15) is 35.0 Å². The van der Waals surface area contributed by atoms with E-state index in [-0.39, 0.29) is 23.5 Å². The van der Waals surface area contributed by atoms with Gasteiger partial charge in [0.1, 0.15) is 11.6 Å². The lowest BCUT2D eigenvalue weighted by molar-refractivity contribution is 0.0704. The topological polar surface area (TPSA) is 68.5 Å². The number of halogens is 1. The monoisotopic (exact) mass is 381 g/mol. The van der Waals surface area contributed by atoms with E-state index < -0.39 is 0 Å². The minimum Gasteiger partial charge on any atom is -0.497 e. The van der Waals surface area contributed by atoms with Gasteiger partial charge >= 0.3 is 0 Å². The molecule has 0 atom stereocenters. The second kappa shape index (κ2) is 7.80. The number of carbonyl (C=O) groups is 1. The van der Waals surface area contributed by atoms with Gasteiger partial charge < -0.3 is 14.2 Å². The van der Waals surface area contributed by atoms with Gasteiger partial charge in [0.15, 0.2) is 0 Å². The van der Waals surface area contributed by atoms with Gasteiger partial charge in [-0.25, -0.2) is 4.39 Å². The highest BCUT2D eigenvalue weighted by Gasteiger charge is 2.28. The summed E-state index contributed by atoms with van der Waals surface area (Å²) >= 11 is 0. The van der Waals surface area contributed by atoms with Crippen LogP contribution >= 0.6 is 0 Å². The Kier molecular flexibility index (Phi) is 5.06. The van der Waals surface area contributed by atoms with Crippen LogP contribution in [0.15, 0.2) is 53.1 Å². The molecule has 1 aliphatic heterocycles. The molecule has 1 fully saturated rings. The van der Waals surface area contributed by atoms with E-state index in [4.69, 9.17) is 9.26 Å². The van der Waals surface area contributed by atoms with Gasteiger partial charge in [0, 0.05) is 24.6 Å². The maximum Gasteiger partial charge on any atom is 0.253 e. The Morgan fingerprint density at radius 2 is 1.96 bits per heavy atom. The van der Waals surface area contributed by atoms with Crippen LogP contribution in [0.2, 0.25) is 0 Å². The molecule has 0 saturated carbocycles. The molecule has 2 aromatic carbocycles. The Morgan fingerprint density at radius 1 is 1.18 bits per heavy atom. The molecule has 2 heterocycles. The molecule has 1 saturated heterocycles. The van der Waals surface area contributed by atoms with E-state index in [9.17, 15) is 9.18 Å². The molecular weight excluding hydrogens is 361 g/mol. The number of amides is 1. The summed E-state index contributed by atoms with van der Waals surface area (Å²) in [4.78, 5) is 18.9. The normalized spacial score (nSPS) is 14.9. The lowest BCUT2D eigenvalue weighted by Gasteiger charge is -2.30. The SMILES string of the molecule is COc1cccc(C(=O)N2CCC(c3nc(-c4ccccc4F)no3)CC2)c1. The summed E-state index contributed by atoms with van der Waals surface area (Å²) in [5, 5.41) is 3.92. The van der Waals surface area contributed by atoms with Crippen LogP contribution < -0.4 is 4.74 Å². The summed E-state index contributed by atoms with van der Waals surface area (Å²) in [6.45, 7) is 1.19. The van der Waals surface area contributed by atoms with Crippen LogP contribution in [-0.4, -0.2) is 41.1 Å². The zero-order chi connectivity index (χ0) is 19.5. The van der Waals surface area contributed by atoms with Crippen LogP contribution in [0.4, 0.5) is 4.39 Å². The molecule has 0 aliphatic carbocycles. The molecule has 4 rings (SSSR count). The van der Waals surface area contributed by atoms with E-state index in [1.54, 1.807) is 37.4 Å². The van der Waals surface area contributed by atoms with E-state index in [0.29, 0.717) is 48.7 Å². The number of aromatic nitrogens is 2. The van der Waals surface area contributed by atoms with Gasteiger partial charge in [-0.05, 0) is 43.2 Å². The predicted octanol–water partition coefficient (Wildman–Crippen LogP) is 3.90. The van der Waals surface area contributed by atoms with Gasteiger partial charge in [0.25, 0.3) is 5.91 Å². The molecule has 1 aromatic heterocycles. The molecule has 144 valence electrons. The first-order valence-corrected chi connectivity index (χ1v) is 9.17. The highest BCUT2D eigenvalue weighted by molar-refractivity contribution is 5.94.